The summed E-state index contributed by atoms with van der Waals surface area (Å²) >= 11 is 0. The van der Waals surface area contributed by atoms with E-state index in [1.807, 2.05) is 6.92 Å². The number of nitrogens with zero attached hydrogens (tertiary/aromatic N) is 1. The van der Waals surface area contributed by atoms with Crippen LogP contribution in [0.2, 0.25) is 0 Å². The van der Waals surface area contributed by atoms with Crippen LogP contribution in [0.4, 0.5) is 0 Å². The summed E-state index contributed by atoms with van der Waals surface area (Å²) in [6.07, 6.45) is 1.68. The van der Waals surface area contributed by atoms with Crippen molar-refractivity contribution in [3.8, 4) is 0 Å². The molecular formula is C12H19NO5. The molecule has 102 valence electrons. The summed E-state index contributed by atoms with van der Waals surface area (Å²) in [6, 6.07) is -0.916. The molecule has 1 unspecified atom stereocenters. The Morgan fingerprint density at radius 2 is 2.00 bits per heavy atom. The molecule has 1 rings (SSSR count). The molecule has 6 nitrogen and oxygen atoms in total. The summed E-state index contributed by atoms with van der Waals surface area (Å²) in [6.45, 7) is 3.82. The van der Waals surface area contributed by atoms with Crippen LogP contribution in [0, 0.1) is 11.8 Å². The van der Waals surface area contributed by atoms with Crippen molar-refractivity contribution in [2.75, 3.05) is 6.54 Å². The average Bonchev–Trinajstić information content (AvgIpc) is 2.57. The van der Waals surface area contributed by atoms with Crippen molar-refractivity contribution >= 4 is 17.8 Å². The third kappa shape index (κ3) is 2.63. The first-order valence-corrected chi connectivity index (χ1v) is 6.20. The Bertz CT molecular complexity index is 354. The van der Waals surface area contributed by atoms with Gasteiger partial charge in [0.2, 0.25) is 5.91 Å². The molecule has 6 heteroatoms. The van der Waals surface area contributed by atoms with Gasteiger partial charge in [-0.15, -0.1) is 0 Å². The standard InChI is InChI=1S/C12H19NO5/c1-3-5-7-6-13(8(4-2)11(15)16)10(14)9(7)12(17)18/h7-9H,3-6H2,1-2H3,(H,15,16)(H,17,18)/t7-,8-,9?/m0/s1. The highest BCUT2D eigenvalue weighted by Gasteiger charge is 2.47. The van der Waals surface area contributed by atoms with E-state index in [9.17, 15) is 14.4 Å². The molecule has 0 aromatic heterocycles. The number of carboxylic acid groups (broad SMARTS) is 2. The minimum Gasteiger partial charge on any atom is -0.481 e. The van der Waals surface area contributed by atoms with Gasteiger partial charge >= 0.3 is 11.9 Å². The van der Waals surface area contributed by atoms with E-state index in [4.69, 9.17) is 10.2 Å². The molecule has 0 bridgehead atoms. The van der Waals surface area contributed by atoms with E-state index in [1.54, 1.807) is 6.92 Å². The summed E-state index contributed by atoms with van der Waals surface area (Å²) in [5.41, 5.74) is 0. The van der Waals surface area contributed by atoms with Gasteiger partial charge in [-0.2, -0.15) is 0 Å². The summed E-state index contributed by atoms with van der Waals surface area (Å²) in [4.78, 5) is 35.4. The normalized spacial score (nSPS) is 25.2. The zero-order chi connectivity index (χ0) is 13.9. The highest BCUT2D eigenvalue weighted by molar-refractivity contribution is 6.00. The summed E-state index contributed by atoms with van der Waals surface area (Å²) < 4.78 is 0. The zero-order valence-electron chi connectivity index (χ0n) is 10.6. The summed E-state index contributed by atoms with van der Waals surface area (Å²) in [5.74, 6) is -4.16. The van der Waals surface area contributed by atoms with Crippen molar-refractivity contribution < 1.29 is 24.6 Å². The second-order valence-corrected chi connectivity index (χ2v) is 4.62. The molecule has 2 N–H and O–H groups in total. The largest absolute Gasteiger partial charge is 0.481 e. The molecule has 0 aliphatic carbocycles. The van der Waals surface area contributed by atoms with Crippen molar-refractivity contribution in [1.82, 2.24) is 4.90 Å². The lowest BCUT2D eigenvalue weighted by Gasteiger charge is -2.23. The second-order valence-electron chi connectivity index (χ2n) is 4.62. The van der Waals surface area contributed by atoms with Gasteiger partial charge in [-0.1, -0.05) is 20.3 Å². The van der Waals surface area contributed by atoms with Gasteiger partial charge in [-0.05, 0) is 18.8 Å². The maximum Gasteiger partial charge on any atom is 0.326 e. The Hall–Kier alpha value is -1.59. The first-order chi connectivity index (χ1) is 8.43. The molecule has 0 spiro atoms. The Balaban J connectivity index is 2.94. The van der Waals surface area contributed by atoms with Crippen LogP contribution in [0.15, 0.2) is 0 Å². The molecule has 0 saturated carbocycles. The maximum absolute atomic E-state index is 12.0. The Morgan fingerprint density at radius 1 is 1.39 bits per heavy atom. The van der Waals surface area contributed by atoms with Gasteiger partial charge in [-0.25, -0.2) is 4.79 Å². The molecule has 1 amide bonds. The van der Waals surface area contributed by atoms with E-state index in [0.717, 1.165) is 6.42 Å². The van der Waals surface area contributed by atoms with Crippen LogP contribution in [0.5, 0.6) is 0 Å². The van der Waals surface area contributed by atoms with Gasteiger partial charge in [0.15, 0.2) is 0 Å². The zero-order valence-corrected chi connectivity index (χ0v) is 10.6. The number of rotatable bonds is 6. The number of likely N-dealkylation sites (tertiary alicyclic amines) is 1. The molecule has 1 aliphatic heterocycles. The van der Waals surface area contributed by atoms with Gasteiger partial charge < -0.3 is 15.1 Å². The molecule has 18 heavy (non-hydrogen) atoms. The second kappa shape index (κ2) is 5.84. The minimum absolute atomic E-state index is 0.231. The van der Waals surface area contributed by atoms with E-state index >= 15 is 0 Å². The van der Waals surface area contributed by atoms with Gasteiger partial charge in [0.25, 0.3) is 0 Å². The lowest BCUT2D eigenvalue weighted by atomic mass is 9.92. The van der Waals surface area contributed by atoms with Crippen molar-refractivity contribution in [2.45, 2.75) is 39.2 Å². The smallest absolute Gasteiger partial charge is 0.326 e. The van der Waals surface area contributed by atoms with E-state index < -0.39 is 29.8 Å². The molecule has 0 radical (unpaired) electrons. The van der Waals surface area contributed by atoms with Gasteiger partial charge in [-0.3, -0.25) is 9.59 Å². The number of amides is 1. The molecule has 3 atom stereocenters. The molecular weight excluding hydrogens is 238 g/mol. The first-order valence-electron chi connectivity index (χ1n) is 6.20. The minimum atomic E-state index is -1.15. The number of hydrogen-bond donors (Lipinski definition) is 2. The predicted molar refractivity (Wildman–Crippen MR) is 63.0 cm³/mol. The van der Waals surface area contributed by atoms with Gasteiger partial charge in [0, 0.05) is 6.54 Å². The molecule has 1 heterocycles. The molecule has 1 saturated heterocycles. The van der Waals surface area contributed by atoms with Gasteiger partial charge in [0.1, 0.15) is 12.0 Å². The third-order valence-electron chi connectivity index (χ3n) is 3.43. The third-order valence-corrected chi connectivity index (χ3v) is 3.43. The highest BCUT2D eigenvalue weighted by Crippen LogP contribution is 2.31. The Labute approximate surface area is 106 Å². The topological polar surface area (TPSA) is 94.9 Å². The van der Waals surface area contributed by atoms with Crippen LogP contribution < -0.4 is 0 Å². The van der Waals surface area contributed by atoms with E-state index in [1.165, 1.54) is 4.90 Å². The molecule has 1 aliphatic rings. The first kappa shape index (κ1) is 14.5. The van der Waals surface area contributed by atoms with Crippen LogP contribution >= 0.6 is 0 Å². The lowest BCUT2D eigenvalue weighted by Crippen LogP contribution is -2.43. The van der Waals surface area contributed by atoms with E-state index in [0.29, 0.717) is 6.42 Å². The van der Waals surface area contributed by atoms with E-state index in [2.05, 4.69) is 0 Å². The lowest BCUT2D eigenvalue weighted by molar-refractivity contribution is -0.154. The molecule has 0 aromatic rings. The quantitative estimate of drug-likeness (QED) is 0.686. The predicted octanol–water partition coefficient (Wildman–Crippen LogP) is 0.809. The fourth-order valence-corrected chi connectivity index (χ4v) is 2.57. The van der Waals surface area contributed by atoms with Crippen molar-refractivity contribution in [1.29, 1.82) is 0 Å². The number of hydrogen-bond acceptors (Lipinski definition) is 3. The van der Waals surface area contributed by atoms with Crippen molar-refractivity contribution in [3.63, 3.8) is 0 Å². The van der Waals surface area contributed by atoms with Crippen LogP contribution in [-0.4, -0.2) is 45.5 Å². The number of carbonyl (C=O) groups is 3. The Morgan fingerprint density at radius 3 is 2.39 bits per heavy atom. The molecule has 0 aromatic carbocycles. The fourth-order valence-electron chi connectivity index (χ4n) is 2.57. The highest BCUT2D eigenvalue weighted by atomic mass is 16.4. The summed E-state index contributed by atoms with van der Waals surface area (Å²) in [7, 11) is 0. The van der Waals surface area contributed by atoms with Crippen molar-refractivity contribution in [3.05, 3.63) is 0 Å². The number of carbonyl (C=O) groups excluding carboxylic acids is 1. The van der Waals surface area contributed by atoms with Crippen LogP contribution in [-0.2, 0) is 14.4 Å². The van der Waals surface area contributed by atoms with Gasteiger partial charge in [0.05, 0.1) is 0 Å². The maximum atomic E-state index is 12.0. The monoisotopic (exact) mass is 257 g/mol. The van der Waals surface area contributed by atoms with E-state index in [-0.39, 0.29) is 18.9 Å². The van der Waals surface area contributed by atoms with Crippen LogP contribution in [0.1, 0.15) is 33.1 Å². The summed E-state index contributed by atoms with van der Waals surface area (Å²) in [5, 5.41) is 18.1. The van der Waals surface area contributed by atoms with Crippen LogP contribution in [0.3, 0.4) is 0 Å². The average molecular weight is 257 g/mol. The Kier molecular flexibility index (Phi) is 4.69. The fraction of sp³-hybridized carbons (Fsp3) is 0.750. The van der Waals surface area contributed by atoms with Crippen molar-refractivity contribution in [2.24, 2.45) is 11.8 Å². The number of carboxylic acids is 2. The number of aliphatic carboxylic acids is 2. The SMILES string of the molecule is CCC[C@H]1CN([C@@H](CC)C(=O)O)C(=O)C1C(=O)O. The molecule has 1 fully saturated rings. The van der Waals surface area contributed by atoms with Crippen LogP contribution in [0.25, 0.3) is 0 Å².